The van der Waals surface area contributed by atoms with Crippen molar-refractivity contribution in [2.45, 2.75) is 137 Å². The first-order valence-electron chi connectivity index (χ1n) is 28.7. The van der Waals surface area contributed by atoms with Gasteiger partial charge >= 0.3 is 5.97 Å². The molecule has 2 saturated carbocycles. The maximum Gasteiger partial charge on any atom is 0.337 e. The number of rotatable bonds is 21. The number of methoxy groups -OCH3 is 1. The smallest absolute Gasteiger partial charge is 0.337 e. The fraction of sp³-hybridized carbons (Fsp3) is 0.403. The number of thioether (sulfide) groups is 2. The first kappa shape index (κ1) is 64.0. The molecule has 2 unspecified atom stereocenters. The van der Waals surface area contributed by atoms with Gasteiger partial charge in [0, 0.05) is 33.3 Å². The molecule has 0 aromatic heterocycles. The quantitative estimate of drug-likeness (QED) is 0.0304. The minimum Gasteiger partial charge on any atom is -0.493 e. The Hall–Kier alpha value is -6.59. The molecule has 6 aromatic carbocycles. The van der Waals surface area contributed by atoms with Gasteiger partial charge in [-0.25, -0.2) is 4.79 Å². The average Bonchev–Trinajstić information content (AvgIpc) is 3.53. The molecule has 2 aliphatic rings. The molecule has 0 heterocycles. The molecule has 0 saturated heterocycles. The van der Waals surface area contributed by atoms with Crippen LogP contribution in [-0.4, -0.2) is 69.3 Å². The Kier molecular flexibility index (Phi) is 23.3. The number of esters is 1. The van der Waals surface area contributed by atoms with E-state index in [-0.39, 0.29) is 35.2 Å². The molecule has 0 bridgehead atoms. The highest BCUT2D eigenvalue weighted by Gasteiger charge is 2.26. The molecule has 0 spiro atoms. The van der Waals surface area contributed by atoms with Crippen LogP contribution in [0.2, 0.25) is 0 Å². The summed E-state index contributed by atoms with van der Waals surface area (Å²) < 4.78 is 47.5. The molecule has 6 aromatic rings. The Bertz CT molecular complexity index is 3150. The van der Waals surface area contributed by atoms with Gasteiger partial charge in [-0.2, -0.15) is 8.42 Å². The number of ether oxygens (including phenoxy) is 3. The van der Waals surface area contributed by atoms with Gasteiger partial charge in [0.2, 0.25) is 11.8 Å². The zero-order valence-electron chi connectivity index (χ0n) is 48.9. The molecule has 2 atom stereocenters. The lowest BCUT2D eigenvalue weighted by Crippen LogP contribution is -2.28. The topological polar surface area (TPSA) is 186 Å². The first-order chi connectivity index (χ1) is 39.6. The monoisotopic (exact) mass is 1180 g/mol. The minimum atomic E-state index is -4.16. The number of hydrogen-bond acceptors (Lipinski definition) is 11. The summed E-state index contributed by atoms with van der Waals surface area (Å²) in [6, 6.07) is 45.3. The van der Waals surface area contributed by atoms with Gasteiger partial charge in [-0.15, -0.1) is 23.5 Å². The normalized spacial score (nSPS) is 14.9. The lowest BCUT2D eigenvalue weighted by atomic mass is 9.86. The summed E-state index contributed by atoms with van der Waals surface area (Å²) >= 11 is 2.82. The standard InChI is InChI=1S/C34H42N2O6S2.C33H39NO4S/c1-34(2,3)27-13-9-25(10-14-27)31(43-30-19-11-26(12-20-30)32(37)35-21-22-44(39,40)41)33(38)36-28-15-17-29(18-16-28)42-23-24-7-5-4-6-8-24;1-33(2,3)26-14-10-24(11-15-26)30(39-29-20-12-25(13-21-29)32(36)37-4)31(35)34-27-16-18-28(19-17-27)38-22-23-8-6-5-7-9-23/h9-20,24,31H,4-8,21-23H2,1-3H3,(H,35,37)(H,36,38)(H,39,40,41);10-21,23,30H,5-9,22H2,1-4H3,(H,34,35). The number of carbonyl (C=O) groups is 4. The summed E-state index contributed by atoms with van der Waals surface area (Å²) in [6.07, 6.45) is 12.7. The fourth-order valence-electron chi connectivity index (χ4n) is 9.82. The Morgan fingerprint density at radius 2 is 0.904 bits per heavy atom. The Morgan fingerprint density at radius 1 is 0.530 bits per heavy atom. The van der Waals surface area contributed by atoms with E-state index >= 15 is 0 Å². The second-order valence-corrected chi connectivity index (χ2v) is 27.4. The van der Waals surface area contributed by atoms with Gasteiger partial charge in [0.25, 0.3) is 16.0 Å². The number of carbonyl (C=O) groups excluding carboxylic acids is 4. The van der Waals surface area contributed by atoms with Crippen LogP contribution in [0.4, 0.5) is 11.4 Å². The lowest BCUT2D eigenvalue weighted by molar-refractivity contribution is -0.116. The Morgan fingerprint density at radius 3 is 1.25 bits per heavy atom. The van der Waals surface area contributed by atoms with Crippen molar-refractivity contribution >= 4 is 68.7 Å². The predicted octanol–water partition coefficient (Wildman–Crippen LogP) is 15.2. The highest BCUT2D eigenvalue weighted by Crippen LogP contribution is 2.40. The van der Waals surface area contributed by atoms with Crippen molar-refractivity contribution in [3.63, 3.8) is 0 Å². The molecular weight excluding hydrogens is 1100 g/mol. The van der Waals surface area contributed by atoms with Crippen LogP contribution in [0.25, 0.3) is 0 Å². The van der Waals surface area contributed by atoms with Crippen molar-refractivity contribution in [3.05, 3.63) is 179 Å². The molecule has 442 valence electrons. The van der Waals surface area contributed by atoms with E-state index in [2.05, 4.69) is 81.8 Å². The molecule has 83 heavy (non-hydrogen) atoms. The van der Waals surface area contributed by atoms with Crippen molar-refractivity contribution in [2.75, 3.05) is 43.3 Å². The molecule has 13 nitrogen and oxygen atoms in total. The number of benzene rings is 6. The van der Waals surface area contributed by atoms with E-state index in [0.717, 1.165) is 51.3 Å². The van der Waals surface area contributed by atoms with E-state index in [4.69, 9.17) is 18.8 Å². The van der Waals surface area contributed by atoms with Gasteiger partial charge in [-0.3, -0.25) is 18.9 Å². The maximum absolute atomic E-state index is 13.7. The van der Waals surface area contributed by atoms with Crippen LogP contribution < -0.4 is 25.4 Å². The number of nitrogens with one attached hydrogen (secondary N) is 3. The van der Waals surface area contributed by atoms with Gasteiger partial charge in [0.15, 0.2) is 0 Å². The van der Waals surface area contributed by atoms with Crippen molar-refractivity contribution in [1.82, 2.24) is 5.32 Å². The molecule has 16 heteroatoms. The second-order valence-electron chi connectivity index (χ2n) is 23.5. The van der Waals surface area contributed by atoms with Crippen molar-refractivity contribution in [3.8, 4) is 11.5 Å². The van der Waals surface area contributed by atoms with E-state index in [1.54, 1.807) is 36.4 Å². The molecular formula is C67H81N3O10S3. The van der Waals surface area contributed by atoms with Gasteiger partial charge in [-0.1, -0.05) is 129 Å². The van der Waals surface area contributed by atoms with Crippen LogP contribution in [0.1, 0.15) is 159 Å². The van der Waals surface area contributed by atoms with Crippen LogP contribution in [0.5, 0.6) is 11.5 Å². The van der Waals surface area contributed by atoms with Crippen molar-refractivity contribution in [2.24, 2.45) is 11.8 Å². The maximum atomic E-state index is 13.7. The predicted molar refractivity (Wildman–Crippen MR) is 335 cm³/mol. The lowest BCUT2D eigenvalue weighted by Gasteiger charge is -2.22. The molecule has 8 rings (SSSR count). The number of anilines is 2. The van der Waals surface area contributed by atoms with E-state index < -0.39 is 32.3 Å². The van der Waals surface area contributed by atoms with Gasteiger partial charge in [-0.05, 0) is 168 Å². The van der Waals surface area contributed by atoms with Gasteiger partial charge < -0.3 is 30.2 Å². The molecule has 3 amide bonds. The van der Waals surface area contributed by atoms with E-state index in [9.17, 15) is 27.6 Å². The van der Waals surface area contributed by atoms with Crippen molar-refractivity contribution < 1.29 is 46.4 Å². The summed E-state index contributed by atoms with van der Waals surface area (Å²) in [5.41, 5.74) is 6.34. The second kappa shape index (κ2) is 30.3. The molecule has 0 radical (unpaired) electrons. The fourth-order valence-corrected chi connectivity index (χ4v) is 12.2. The van der Waals surface area contributed by atoms with Gasteiger partial charge in [0.05, 0.1) is 31.6 Å². The van der Waals surface area contributed by atoms with E-state index in [1.165, 1.54) is 106 Å². The third-order valence-electron chi connectivity index (χ3n) is 14.8. The number of amides is 3. The third kappa shape index (κ3) is 20.6. The van der Waals surface area contributed by atoms with Gasteiger partial charge in [0.1, 0.15) is 22.0 Å². The highest BCUT2D eigenvalue weighted by atomic mass is 32.2. The molecule has 2 fully saturated rings. The largest absolute Gasteiger partial charge is 0.493 e. The number of hydrogen-bond donors (Lipinski definition) is 4. The van der Waals surface area contributed by atoms with Crippen LogP contribution >= 0.6 is 23.5 Å². The van der Waals surface area contributed by atoms with Crippen LogP contribution in [-0.2, 0) is 35.3 Å². The van der Waals surface area contributed by atoms with Crippen LogP contribution in [0.3, 0.4) is 0 Å². The first-order valence-corrected chi connectivity index (χ1v) is 32.1. The average molecular weight is 1180 g/mol. The summed E-state index contributed by atoms with van der Waals surface area (Å²) in [5, 5.41) is 7.57. The molecule has 4 N–H and O–H groups in total. The molecule has 2 aliphatic carbocycles. The third-order valence-corrected chi connectivity index (χ3v) is 18.1. The summed E-state index contributed by atoms with van der Waals surface area (Å²) in [5.74, 6) is 1.17. The van der Waals surface area contributed by atoms with Crippen molar-refractivity contribution in [1.29, 1.82) is 0 Å². The van der Waals surface area contributed by atoms with Crippen LogP contribution in [0, 0.1) is 11.8 Å². The van der Waals surface area contributed by atoms with E-state index in [1.807, 2.05) is 84.9 Å². The Labute approximate surface area is 500 Å². The minimum absolute atomic E-state index is 0.0218. The zero-order chi connectivity index (χ0) is 59.6. The SMILES string of the molecule is CC(C)(C)c1ccc(C(Sc2ccc(C(=O)NCCS(=O)(=O)O)cc2)C(=O)Nc2ccc(OCC3CCCCC3)cc2)cc1.COC(=O)c1ccc(SC(C(=O)Nc2ccc(OCC3CCCCC3)cc2)c2ccc(C(C)(C)C)cc2)cc1. The summed E-state index contributed by atoms with van der Waals surface area (Å²) in [6.45, 7) is 14.2. The Balaban J connectivity index is 0.000000240. The van der Waals surface area contributed by atoms with Crippen LogP contribution in [0.15, 0.2) is 155 Å². The highest BCUT2D eigenvalue weighted by molar-refractivity contribution is 8.00. The molecule has 0 aliphatic heterocycles. The van der Waals surface area contributed by atoms with E-state index in [0.29, 0.717) is 28.7 Å². The summed E-state index contributed by atoms with van der Waals surface area (Å²) in [7, 11) is -2.80. The summed E-state index contributed by atoms with van der Waals surface area (Å²) in [4.78, 5) is 53.2. The zero-order valence-corrected chi connectivity index (χ0v) is 51.4.